The van der Waals surface area contributed by atoms with Gasteiger partial charge in [0, 0.05) is 0 Å². The van der Waals surface area contributed by atoms with Crippen LogP contribution in [0.3, 0.4) is 0 Å². The Morgan fingerprint density at radius 1 is 1.33 bits per heavy atom. The third kappa shape index (κ3) is 4.53. The summed E-state index contributed by atoms with van der Waals surface area (Å²) in [7, 11) is 0. The van der Waals surface area contributed by atoms with Gasteiger partial charge < -0.3 is 0 Å². The van der Waals surface area contributed by atoms with Crippen molar-refractivity contribution in [1.82, 2.24) is 0 Å². The van der Waals surface area contributed by atoms with Crippen LogP contribution in [0.4, 0.5) is 13.2 Å². The van der Waals surface area contributed by atoms with E-state index in [1.165, 1.54) is 0 Å². The van der Waals surface area contributed by atoms with Gasteiger partial charge in [-0.2, -0.15) is 0 Å². The predicted octanol–water partition coefficient (Wildman–Crippen LogP) is 1.51. The Balaban J connectivity index is 3.17. The Morgan fingerprint density at radius 3 is 1.50 bits per heavy atom. The van der Waals surface area contributed by atoms with Gasteiger partial charge in [-0.25, -0.2) is 0 Å². The molecule has 0 saturated heterocycles. The summed E-state index contributed by atoms with van der Waals surface area (Å²) in [6.45, 7) is 0. The Kier molecular flexibility index (Phi) is 2.18. The molecule has 0 N–H and O–H groups in total. The van der Waals surface area contributed by atoms with Gasteiger partial charge in [-0.05, 0) is 0 Å². The minimum absolute atomic E-state index is 0.919. The van der Waals surface area contributed by atoms with Gasteiger partial charge in [0.1, 0.15) is 0 Å². The third-order valence-corrected chi connectivity index (χ3v) is 0.715. The summed E-state index contributed by atoms with van der Waals surface area (Å²) >= 11 is 2.26. The normalized spacial score (nSPS) is 12.2. The second-order valence-electron chi connectivity index (χ2n) is 0.722. The van der Waals surface area contributed by atoms with Crippen molar-refractivity contribution in [2.24, 2.45) is 0 Å². The number of halogens is 3. The Hall–Kier alpha value is 0.530. The first-order chi connectivity index (χ1) is 2.56. The molecule has 0 aromatic carbocycles. The van der Waals surface area contributed by atoms with Gasteiger partial charge in [0.2, 0.25) is 0 Å². The van der Waals surface area contributed by atoms with Crippen LogP contribution in [0.15, 0.2) is 0 Å². The molecule has 0 amide bonds. The average Bonchev–Trinajstić information content (AvgIpc) is 1.35. The zero-order valence-corrected chi connectivity index (χ0v) is 4.12. The molecule has 0 aliphatic carbocycles. The molecule has 0 radical (unpaired) electrons. The van der Waals surface area contributed by atoms with E-state index >= 15 is 0 Å². The molecule has 6 heavy (non-hydrogen) atoms. The summed E-state index contributed by atoms with van der Waals surface area (Å²) in [4.78, 5) is 0. The summed E-state index contributed by atoms with van der Waals surface area (Å²) in [6, 6.07) is 0. The van der Waals surface area contributed by atoms with Gasteiger partial charge in [-0.1, -0.05) is 0 Å². The maximum absolute atomic E-state index is 10.7. The van der Waals surface area contributed by atoms with Crippen LogP contribution in [0.5, 0.6) is 0 Å². The fourth-order valence-electron chi connectivity index (χ4n) is 0. The maximum atomic E-state index is 10.7. The summed E-state index contributed by atoms with van der Waals surface area (Å²) in [5.74, 6) is 0. The van der Waals surface area contributed by atoms with E-state index in [1.54, 1.807) is 0 Å². The first-order valence-electron chi connectivity index (χ1n) is 1.13. The number of hydrogen-bond acceptors (Lipinski definition) is 0. The molecule has 42 valence electrons. The summed E-state index contributed by atoms with van der Waals surface area (Å²) in [5, 5.41) is 0. The van der Waals surface area contributed by atoms with Crippen molar-refractivity contribution in [3.8, 4) is 0 Å². The van der Waals surface area contributed by atoms with Crippen molar-refractivity contribution in [2.45, 2.75) is 10.8 Å². The van der Waals surface area contributed by atoms with E-state index in [0.29, 0.717) is 0 Å². The molecule has 0 aliphatic rings. The molecule has 4 heteroatoms. The summed E-state index contributed by atoms with van der Waals surface area (Å²) in [6.07, 6.45) is -4.04. The van der Waals surface area contributed by atoms with Crippen LogP contribution in [0.2, 0.25) is 4.64 Å². The van der Waals surface area contributed by atoms with Crippen molar-refractivity contribution in [2.75, 3.05) is 0 Å². The Morgan fingerprint density at radius 2 is 1.50 bits per heavy atom. The van der Waals surface area contributed by atoms with Crippen LogP contribution >= 0.6 is 0 Å². The van der Waals surface area contributed by atoms with Crippen LogP contribution in [-0.4, -0.2) is 6.18 Å². The van der Waals surface area contributed by atoms with E-state index in [-0.39, 0.29) is 0 Å². The van der Waals surface area contributed by atoms with Crippen molar-refractivity contribution < 1.29 is 34.2 Å². The van der Waals surface area contributed by atoms with Gasteiger partial charge >= 0.3 is 45.1 Å². The van der Waals surface area contributed by atoms with Crippen molar-refractivity contribution in [3.05, 3.63) is 0 Å². The van der Waals surface area contributed by atoms with E-state index in [2.05, 4.69) is 21.1 Å². The topological polar surface area (TPSA) is 0 Å². The molecule has 0 heterocycles. The monoisotopic (exact) mass is 190 g/mol. The quantitative estimate of drug-likeness (QED) is 0.509. The molecular formula is C2H2AgF3. The van der Waals surface area contributed by atoms with Gasteiger partial charge in [0.25, 0.3) is 0 Å². The summed E-state index contributed by atoms with van der Waals surface area (Å²) in [5.41, 5.74) is 0. The van der Waals surface area contributed by atoms with Crippen molar-refractivity contribution >= 4 is 0 Å². The molecule has 0 aliphatic heterocycles. The van der Waals surface area contributed by atoms with Crippen LogP contribution in [0, 0.1) is 0 Å². The Bertz CT molecular complexity index is 38.5. The Labute approximate surface area is 45.6 Å². The van der Waals surface area contributed by atoms with Crippen LogP contribution < -0.4 is 0 Å². The predicted molar refractivity (Wildman–Crippen MR) is 10.9 cm³/mol. The van der Waals surface area contributed by atoms with E-state index in [0.717, 1.165) is 0 Å². The van der Waals surface area contributed by atoms with Crippen LogP contribution in [0.25, 0.3) is 0 Å². The second-order valence-corrected chi connectivity index (χ2v) is 1.25. The first kappa shape index (κ1) is 6.53. The van der Waals surface area contributed by atoms with Gasteiger partial charge in [-0.3, -0.25) is 0 Å². The third-order valence-electron chi connectivity index (χ3n) is 0.121. The molecule has 0 aromatic rings. The van der Waals surface area contributed by atoms with Crippen molar-refractivity contribution in [3.63, 3.8) is 0 Å². The molecule has 0 atom stereocenters. The van der Waals surface area contributed by atoms with E-state index in [9.17, 15) is 13.2 Å². The van der Waals surface area contributed by atoms with Gasteiger partial charge in [-0.15, -0.1) is 0 Å². The van der Waals surface area contributed by atoms with E-state index < -0.39 is 10.8 Å². The van der Waals surface area contributed by atoms with E-state index in [4.69, 9.17) is 0 Å². The molecule has 0 fully saturated rings. The number of rotatable bonds is 0. The molecule has 0 aromatic heterocycles. The zero-order chi connectivity index (χ0) is 5.21. The fourth-order valence-corrected chi connectivity index (χ4v) is 0. The van der Waals surface area contributed by atoms with E-state index in [1.807, 2.05) is 0 Å². The van der Waals surface area contributed by atoms with Crippen molar-refractivity contribution in [1.29, 1.82) is 0 Å². The number of hydrogen-bond donors (Lipinski definition) is 0. The first-order valence-corrected chi connectivity index (χ1v) is 2.18. The molecule has 0 nitrogen and oxygen atoms in total. The molecule has 0 rings (SSSR count). The molecule has 0 spiro atoms. The fraction of sp³-hybridized carbons (Fsp3) is 1.00. The SMILES string of the molecule is FC(F)(F)[CH2][Ag]. The molecule has 0 bridgehead atoms. The molecular weight excluding hydrogens is 189 g/mol. The second kappa shape index (κ2) is 2.00. The zero-order valence-electron chi connectivity index (χ0n) is 2.64. The minimum atomic E-state index is -4.04. The summed E-state index contributed by atoms with van der Waals surface area (Å²) < 4.78 is 31.3. The average molecular weight is 191 g/mol. The van der Waals surface area contributed by atoms with Gasteiger partial charge in [0.15, 0.2) is 0 Å². The molecule has 0 unspecified atom stereocenters. The van der Waals surface area contributed by atoms with Gasteiger partial charge in [0.05, 0.1) is 0 Å². The standard InChI is InChI=1S/C2H2F3.Ag/c1-2(3,4)5;/h1H2;. The van der Waals surface area contributed by atoms with Crippen LogP contribution in [-0.2, 0) is 21.1 Å². The number of alkyl halides is 3. The van der Waals surface area contributed by atoms with Crippen LogP contribution in [0.1, 0.15) is 0 Å². The molecule has 0 saturated carbocycles.